The summed E-state index contributed by atoms with van der Waals surface area (Å²) >= 11 is 5.80. The molecule has 154 valence electrons. The molecular formula is C22H19ClN2O5. The van der Waals surface area contributed by atoms with Gasteiger partial charge in [-0.05, 0) is 35.4 Å². The molecule has 0 bridgehead atoms. The first-order valence-corrected chi connectivity index (χ1v) is 9.40. The molecule has 0 unspecified atom stereocenters. The van der Waals surface area contributed by atoms with E-state index in [-0.39, 0.29) is 23.1 Å². The Bertz CT molecular complexity index is 1030. The van der Waals surface area contributed by atoms with Crippen LogP contribution in [0.3, 0.4) is 0 Å². The summed E-state index contributed by atoms with van der Waals surface area (Å²) in [6.45, 7) is -0.387. The predicted molar refractivity (Wildman–Crippen MR) is 113 cm³/mol. The fourth-order valence-corrected chi connectivity index (χ4v) is 3.07. The molecule has 0 radical (unpaired) electrons. The summed E-state index contributed by atoms with van der Waals surface area (Å²) in [4.78, 5) is 23.2. The first kappa shape index (κ1) is 21.1. The number of nitro benzene ring substituents is 1. The van der Waals surface area contributed by atoms with Crippen LogP contribution in [0.1, 0.15) is 17.2 Å². The first-order chi connectivity index (χ1) is 14.5. The molecule has 3 aromatic carbocycles. The van der Waals surface area contributed by atoms with Gasteiger partial charge in [-0.25, -0.2) is 0 Å². The summed E-state index contributed by atoms with van der Waals surface area (Å²) in [6, 6.07) is 20.4. The molecule has 0 aromatic heterocycles. The first-order valence-electron chi connectivity index (χ1n) is 9.03. The number of nitrogens with zero attached hydrogens (tertiary/aromatic N) is 1. The molecule has 30 heavy (non-hydrogen) atoms. The lowest BCUT2D eigenvalue weighted by Crippen LogP contribution is -2.33. The molecule has 0 aliphatic rings. The van der Waals surface area contributed by atoms with E-state index in [0.29, 0.717) is 5.75 Å². The standard InChI is InChI=1S/C22H19ClN2O5/c1-29-18-10-7-16(8-11-18)22(15-5-3-2-4-6-15)24-21(26)14-30-20-12-9-17(23)13-19(20)25(27)28/h2-13,22H,14H2,1H3,(H,24,26)/t22-/m1/s1. The van der Waals surface area contributed by atoms with E-state index in [9.17, 15) is 14.9 Å². The van der Waals surface area contributed by atoms with Gasteiger partial charge in [0.25, 0.3) is 5.91 Å². The number of rotatable bonds is 8. The number of carbonyl (C=O) groups is 1. The van der Waals surface area contributed by atoms with Crippen LogP contribution in [0.4, 0.5) is 5.69 Å². The Kier molecular flexibility index (Phi) is 6.87. The van der Waals surface area contributed by atoms with Crippen molar-refractivity contribution in [3.63, 3.8) is 0 Å². The monoisotopic (exact) mass is 426 g/mol. The zero-order valence-corrected chi connectivity index (χ0v) is 16.8. The highest BCUT2D eigenvalue weighted by molar-refractivity contribution is 6.30. The van der Waals surface area contributed by atoms with E-state index in [1.54, 1.807) is 7.11 Å². The van der Waals surface area contributed by atoms with E-state index in [4.69, 9.17) is 21.1 Å². The number of benzene rings is 3. The Labute approximate surface area is 178 Å². The van der Waals surface area contributed by atoms with Crippen LogP contribution in [0.25, 0.3) is 0 Å². The largest absolute Gasteiger partial charge is 0.497 e. The third kappa shape index (κ3) is 5.27. The second-order valence-corrected chi connectivity index (χ2v) is 6.78. The average molecular weight is 427 g/mol. The Hall–Kier alpha value is -3.58. The summed E-state index contributed by atoms with van der Waals surface area (Å²) in [7, 11) is 1.58. The number of hydrogen-bond acceptors (Lipinski definition) is 5. The molecule has 1 atom stereocenters. The van der Waals surface area contributed by atoms with Gasteiger partial charge in [0.1, 0.15) is 5.75 Å². The van der Waals surface area contributed by atoms with Gasteiger partial charge in [0, 0.05) is 11.1 Å². The quantitative estimate of drug-likeness (QED) is 0.421. The van der Waals surface area contributed by atoms with Crippen LogP contribution in [0.15, 0.2) is 72.8 Å². The molecule has 1 N–H and O–H groups in total. The molecule has 3 rings (SSSR count). The molecular weight excluding hydrogens is 408 g/mol. The van der Waals surface area contributed by atoms with E-state index >= 15 is 0 Å². The highest BCUT2D eigenvalue weighted by Crippen LogP contribution is 2.30. The minimum atomic E-state index is -0.608. The summed E-state index contributed by atoms with van der Waals surface area (Å²) in [5, 5.41) is 14.3. The van der Waals surface area contributed by atoms with Crippen LogP contribution < -0.4 is 14.8 Å². The van der Waals surface area contributed by atoms with Crippen molar-refractivity contribution in [2.24, 2.45) is 0 Å². The van der Waals surface area contributed by atoms with Crippen LogP contribution in [0.2, 0.25) is 5.02 Å². The lowest BCUT2D eigenvalue weighted by molar-refractivity contribution is -0.385. The minimum absolute atomic E-state index is 0.0275. The van der Waals surface area contributed by atoms with Crippen molar-refractivity contribution in [2.75, 3.05) is 13.7 Å². The second-order valence-electron chi connectivity index (χ2n) is 6.34. The summed E-state index contributed by atoms with van der Waals surface area (Å²) in [5.74, 6) is 0.249. The number of nitro groups is 1. The average Bonchev–Trinajstić information content (AvgIpc) is 2.77. The molecule has 1 amide bonds. The molecule has 0 heterocycles. The van der Waals surface area contributed by atoms with Crippen molar-refractivity contribution in [3.05, 3.63) is 99.1 Å². The fourth-order valence-electron chi connectivity index (χ4n) is 2.90. The van der Waals surface area contributed by atoms with Crippen molar-refractivity contribution >= 4 is 23.2 Å². The van der Waals surface area contributed by atoms with E-state index in [1.165, 1.54) is 18.2 Å². The lowest BCUT2D eigenvalue weighted by Gasteiger charge is -2.20. The number of halogens is 1. The second kappa shape index (κ2) is 9.76. The molecule has 3 aromatic rings. The van der Waals surface area contributed by atoms with Gasteiger partial charge in [-0.3, -0.25) is 14.9 Å². The summed E-state index contributed by atoms with van der Waals surface area (Å²) in [5.41, 5.74) is 1.44. The van der Waals surface area contributed by atoms with E-state index < -0.39 is 16.9 Å². The van der Waals surface area contributed by atoms with Gasteiger partial charge in [-0.2, -0.15) is 0 Å². The van der Waals surface area contributed by atoms with E-state index in [1.807, 2.05) is 54.6 Å². The predicted octanol–water partition coefficient (Wildman–Crippen LogP) is 4.54. The third-order valence-electron chi connectivity index (χ3n) is 4.36. The number of amides is 1. The van der Waals surface area contributed by atoms with Gasteiger partial charge >= 0.3 is 5.69 Å². The maximum absolute atomic E-state index is 12.6. The SMILES string of the molecule is COc1ccc([C@H](NC(=O)COc2ccc(Cl)cc2[N+](=O)[O-])c2ccccc2)cc1. The molecule has 0 aliphatic carbocycles. The topological polar surface area (TPSA) is 90.7 Å². The molecule has 0 saturated heterocycles. The van der Waals surface area contributed by atoms with Crippen LogP contribution in [0.5, 0.6) is 11.5 Å². The normalized spacial score (nSPS) is 11.4. The smallest absolute Gasteiger partial charge is 0.312 e. The highest BCUT2D eigenvalue weighted by Gasteiger charge is 2.20. The lowest BCUT2D eigenvalue weighted by atomic mass is 9.98. The maximum atomic E-state index is 12.6. The fraction of sp³-hybridized carbons (Fsp3) is 0.136. The Morgan fingerprint density at radius 2 is 1.73 bits per heavy atom. The van der Waals surface area contributed by atoms with Crippen molar-refractivity contribution in [3.8, 4) is 11.5 Å². The number of methoxy groups -OCH3 is 1. The van der Waals surface area contributed by atoms with Crippen molar-refractivity contribution in [1.29, 1.82) is 0 Å². The number of nitrogens with one attached hydrogen (secondary N) is 1. The molecule has 0 saturated carbocycles. The number of carbonyl (C=O) groups excluding carboxylic acids is 1. The van der Waals surface area contributed by atoms with Gasteiger partial charge in [0.2, 0.25) is 0 Å². The molecule has 0 spiro atoms. The van der Waals surface area contributed by atoms with Crippen molar-refractivity contribution in [1.82, 2.24) is 5.32 Å². The summed E-state index contributed by atoms with van der Waals surface area (Å²) in [6.07, 6.45) is 0. The van der Waals surface area contributed by atoms with Gasteiger partial charge in [-0.1, -0.05) is 54.1 Å². The van der Waals surface area contributed by atoms with Gasteiger partial charge in [-0.15, -0.1) is 0 Å². The minimum Gasteiger partial charge on any atom is -0.497 e. The molecule has 0 aliphatic heterocycles. The van der Waals surface area contributed by atoms with Gasteiger partial charge in [0.15, 0.2) is 12.4 Å². The number of ether oxygens (including phenoxy) is 2. The van der Waals surface area contributed by atoms with Crippen LogP contribution in [-0.4, -0.2) is 24.5 Å². The van der Waals surface area contributed by atoms with Gasteiger partial charge < -0.3 is 14.8 Å². The Morgan fingerprint density at radius 1 is 1.07 bits per heavy atom. The van der Waals surface area contributed by atoms with E-state index in [0.717, 1.165) is 11.1 Å². The number of hydrogen-bond donors (Lipinski definition) is 1. The van der Waals surface area contributed by atoms with Crippen molar-refractivity contribution in [2.45, 2.75) is 6.04 Å². The summed E-state index contributed by atoms with van der Waals surface area (Å²) < 4.78 is 10.6. The zero-order chi connectivity index (χ0) is 21.5. The maximum Gasteiger partial charge on any atom is 0.312 e. The van der Waals surface area contributed by atoms with Crippen LogP contribution >= 0.6 is 11.6 Å². The molecule has 7 nitrogen and oxygen atoms in total. The Balaban J connectivity index is 1.76. The van der Waals surface area contributed by atoms with Crippen molar-refractivity contribution < 1.29 is 19.2 Å². The third-order valence-corrected chi connectivity index (χ3v) is 4.60. The zero-order valence-electron chi connectivity index (χ0n) is 16.1. The van der Waals surface area contributed by atoms with E-state index in [2.05, 4.69) is 5.32 Å². The van der Waals surface area contributed by atoms with Gasteiger partial charge in [0.05, 0.1) is 18.1 Å². The van der Waals surface area contributed by atoms with Crippen LogP contribution in [0, 0.1) is 10.1 Å². The van der Waals surface area contributed by atoms with Crippen LogP contribution in [-0.2, 0) is 4.79 Å². The Morgan fingerprint density at radius 3 is 2.37 bits per heavy atom. The highest BCUT2D eigenvalue weighted by atomic mass is 35.5. The molecule has 8 heteroatoms. The molecule has 0 fully saturated rings.